The van der Waals surface area contributed by atoms with E-state index in [0.717, 1.165) is 35.0 Å². The quantitative estimate of drug-likeness (QED) is 0.174. The van der Waals surface area contributed by atoms with E-state index >= 15 is 0 Å². The number of benzene rings is 8. The van der Waals surface area contributed by atoms with Crippen molar-refractivity contribution >= 4 is 66.5 Å². The number of nitrogens with zero attached hydrogens (tertiary/aromatic N) is 3. The second kappa shape index (κ2) is 12.8. The van der Waals surface area contributed by atoms with Crippen LogP contribution in [0, 0.1) is 0 Å². The van der Waals surface area contributed by atoms with E-state index in [9.17, 15) is 0 Å². The number of hydrogen-bond donors (Lipinski definition) is 0. The number of fused-ring (bicyclic) bond motifs is 12. The van der Waals surface area contributed by atoms with Crippen LogP contribution in [0.4, 0.5) is 0 Å². The molecule has 13 rings (SSSR count). The van der Waals surface area contributed by atoms with Gasteiger partial charge in [-0.2, -0.15) is 0 Å². The third-order valence-electron chi connectivity index (χ3n) is 13.7. The first kappa shape index (κ1) is 34.4. The smallest absolute Gasteiger partial charge is 0.138 e. The summed E-state index contributed by atoms with van der Waals surface area (Å²) in [6, 6.07) is 65.2. The second-order valence-corrected chi connectivity index (χ2v) is 17.4. The molecular weight excluding hydrogens is 739 g/mol. The minimum atomic E-state index is -0.0739. The number of aromatic nitrogens is 3. The van der Waals surface area contributed by atoms with Crippen LogP contribution in [0.3, 0.4) is 0 Å². The maximum atomic E-state index is 5.45. The lowest BCUT2D eigenvalue weighted by molar-refractivity contribution is 0.660. The van der Waals surface area contributed by atoms with Crippen molar-refractivity contribution in [1.29, 1.82) is 0 Å². The summed E-state index contributed by atoms with van der Waals surface area (Å²) in [6.07, 6.45) is 6.74. The molecule has 0 saturated carbocycles. The standard InChI is InChI=1S/C58H41N3/c1-58(2)49-21-11-8-18-42(49)43-28-24-39(34-50(43)58)46-35-56(59-51-22-12-9-19-44(46)51)61-52-23-13-10-20-45(52)47-32-37(26-29-53(47)61)38-27-30-54-48(33-38)57-41-17-7-6-14-36(41)25-31-55(57)60(54)40-15-4-3-5-16-40/h3-8,10-11,13-35H,9,12H2,1-2H3. The van der Waals surface area contributed by atoms with Crippen molar-refractivity contribution in [1.82, 2.24) is 14.1 Å². The Kier molecular flexibility index (Phi) is 7.19. The molecular formula is C58H41N3. The van der Waals surface area contributed by atoms with Gasteiger partial charge >= 0.3 is 0 Å². The Morgan fingerprint density at radius 1 is 0.443 bits per heavy atom. The van der Waals surface area contributed by atoms with E-state index in [2.05, 4.69) is 211 Å². The first-order valence-electron chi connectivity index (χ1n) is 21.5. The Morgan fingerprint density at radius 3 is 1.97 bits per heavy atom. The van der Waals surface area contributed by atoms with Gasteiger partial charge in [0.15, 0.2) is 0 Å². The zero-order valence-electron chi connectivity index (χ0n) is 34.2. The van der Waals surface area contributed by atoms with Gasteiger partial charge < -0.3 is 4.57 Å². The minimum Gasteiger partial charge on any atom is -0.309 e. The average Bonchev–Trinajstić information content (AvgIpc) is 3.91. The van der Waals surface area contributed by atoms with Crippen LogP contribution in [0.2, 0.25) is 0 Å². The largest absolute Gasteiger partial charge is 0.309 e. The Balaban J connectivity index is 0.999. The van der Waals surface area contributed by atoms with Gasteiger partial charge in [-0.3, -0.25) is 4.57 Å². The summed E-state index contributed by atoms with van der Waals surface area (Å²) in [5.74, 6) is 0.948. The minimum absolute atomic E-state index is 0.0739. The van der Waals surface area contributed by atoms with Gasteiger partial charge in [0.05, 0.1) is 27.4 Å². The number of para-hydroxylation sites is 2. The fourth-order valence-electron chi connectivity index (χ4n) is 10.8. The molecule has 61 heavy (non-hydrogen) atoms. The van der Waals surface area contributed by atoms with Gasteiger partial charge in [0.25, 0.3) is 0 Å². The maximum absolute atomic E-state index is 5.45. The van der Waals surface area contributed by atoms with Crippen molar-refractivity contribution in [2.24, 2.45) is 0 Å². The molecule has 0 bridgehead atoms. The van der Waals surface area contributed by atoms with Crippen molar-refractivity contribution in [3.63, 3.8) is 0 Å². The number of rotatable bonds is 4. The van der Waals surface area contributed by atoms with Gasteiger partial charge in [-0.1, -0.05) is 141 Å². The fourth-order valence-corrected chi connectivity index (χ4v) is 10.8. The van der Waals surface area contributed by atoms with E-state index in [-0.39, 0.29) is 5.41 Å². The van der Waals surface area contributed by atoms with E-state index in [1.165, 1.54) is 98.8 Å². The van der Waals surface area contributed by atoms with Gasteiger partial charge in [-0.15, -0.1) is 0 Å². The fraction of sp³-hybridized carbons (Fsp3) is 0.0862. The Hall–Kier alpha value is -7.49. The second-order valence-electron chi connectivity index (χ2n) is 17.4. The van der Waals surface area contributed by atoms with Crippen molar-refractivity contribution in [2.75, 3.05) is 0 Å². The van der Waals surface area contributed by atoms with Crippen molar-refractivity contribution < 1.29 is 0 Å². The van der Waals surface area contributed by atoms with Crippen LogP contribution in [0.25, 0.3) is 111 Å². The molecule has 0 spiro atoms. The van der Waals surface area contributed by atoms with E-state index < -0.39 is 0 Å². The molecule has 0 aliphatic heterocycles. The number of pyridine rings is 1. The summed E-state index contributed by atoms with van der Waals surface area (Å²) in [5, 5.41) is 9.82. The third-order valence-corrected chi connectivity index (χ3v) is 13.7. The first-order chi connectivity index (χ1) is 30.0. The molecule has 3 nitrogen and oxygen atoms in total. The lowest BCUT2D eigenvalue weighted by Crippen LogP contribution is -2.33. The van der Waals surface area contributed by atoms with Crippen LogP contribution >= 0.6 is 0 Å². The van der Waals surface area contributed by atoms with Gasteiger partial charge in [0, 0.05) is 37.9 Å². The molecule has 11 aromatic rings. The summed E-state index contributed by atoms with van der Waals surface area (Å²) < 4.78 is 4.80. The van der Waals surface area contributed by atoms with Gasteiger partial charge in [-0.05, 0) is 129 Å². The van der Waals surface area contributed by atoms with Crippen molar-refractivity contribution in [2.45, 2.75) is 32.1 Å². The molecule has 0 N–H and O–H groups in total. The molecule has 8 aromatic carbocycles. The zero-order chi connectivity index (χ0) is 40.4. The lowest BCUT2D eigenvalue weighted by atomic mass is 9.81. The highest BCUT2D eigenvalue weighted by Gasteiger charge is 2.35. The molecule has 0 fully saturated rings. The molecule has 0 amide bonds. The van der Waals surface area contributed by atoms with Gasteiger partial charge in [0.2, 0.25) is 0 Å². The van der Waals surface area contributed by atoms with Gasteiger partial charge in [-0.25, -0.2) is 4.98 Å². The van der Waals surface area contributed by atoms with Crippen LogP contribution in [0.1, 0.15) is 37.8 Å². The lowest BCUT2D eigenvalue weighted by Gasteiger charge is -2.22. The van der Waals surface area contributed by atoms with Gasteiger partial charge in [0.1, 0.15) is 5.82 Å². The number of hydrogen-bond acceptors (Lipinski definition) is 1. The monoisotopic (exact) mass is 779 g/mol. The van der Waals surface area contributed by atoms with E-state index in [1.54, 1.807) is 0 Å². The SMILES string of the molecule is CC1(C)c2ccccc2-c2ccc(-c3cc(-n4c5ccccc5c5cc(-c6ccc7c(c6)c6c8ccccc8ccc6n7-c6ccccc6)ccc54)nc4c3=CCCC=4)cc21. The molecule has 0 atom stereocenters. The van der Waals surface area contributed by atoms with Crippen LogP contribution in [-0.2, 0) is 5.41 Å². The molecule has 3 heterocycles. The summed E-state index contributed by atoms with van der Waals surface area (Å²) >= 11 is 0. The topological polar surface area (TPSA) is 22.8 Å². The molecule has 0 unspecified atom stereocenters. The van der Waals surface area contributed by atoms with E-state index in [4.69, 9.17) is 4.98 Å². The summed E-state index contributed by atoms with van der Waals surface area (Å²) in [4.78, 5) is 5.45. The highest BCUT2D eigenvalue weighted by Crippen LogP contribution is 2.49. The Morgan fingerprint density at radius 2 is 1.10 bits per heavy atom. The van der Waals surface area contributed by atoms with Crippen molar-refractivity contribution in [3.8, 4) is 44.9 Å². The first-order valence-corrected chi connectivity index (χ1v) is 21.5. The summed E-state index contributed by atoms with van der Waals surface area (Å²) in [6.45, 7) is 4.73. The Bertz CT molecular complexity index is 3790. The molecule has 2 aliphatic rings. The third kappa shape index (κ3) is 4.95. The van der Waals surface area contributed by atoms with Crippen LogP contribution < -0.4 is 10.6 Å². The van der Waals surface area contributed by atoms with Crippen LogP contribution in [0.15, 0.2) is 176 Å². The molecule has 2 aliphatic carbocycles. The van der Waals surface area contributed by atoms with Crippen molar-refractivity contribution in [3.05, 3.63) is 198 Å². The molecule has 288 valence electrons. The predicted octanol–water partition coefficient (Wildman–Crippen LogP) is 13.4. The Labute approximate surface area is 353 Å². The molecule has 0 saturated heterocycles. The predicted molar refractivity (Wildman–Crippen MR) is 256 cm³/mol. The van der Waals surface area contributed by atoms with Crippen LogP contribution in [-0.4, -0.2) is 14.1 Å². The van der Waals surface area contributed by atoms with E-state index in [1.807, 2.05) is 0 Å². The molecule has 3 heteroatoms. The normalized spacial score (nSPS) is 14.0. The molecule has 0 radical (unpaired) electrons. The highest BCUT2D eigenvalue weighted by molar-refractivity contribution is 6.22. The summed E-state index contributed by atoms with van der Waals surface area (Å²) in [5.41, 5.74) is 16.2. The van der Waals surface area contributed by atoms with E-state index in [0.29, 0.717) is 0 Å². The average molecular weight is 780 g/mol. The highest BCUT2D eigenvalue weighted by atomic mass is 15.1. The maximum Gasteiger partial charge on any atom is 0.138 e. The summed E-state index contributed by atoms with van der Waals surface area (Å²) in [7, 11) is 0. The van der Waals surface area contributed by atoms with Crippen LogP contribution in [0.5, 0.6) is 0 Å². The molecule has 3 aromatic heterocycles. The zero-order valence-corrected chi connectivity index (χ0v) is 34.2.